The Bertz CT molecular complexity index is 613. The molecule has 0 spiro atoms. The lowest BCUT2D eigenvalue weighted by Gasteiger charge is -2.22. The fourth-order valence-electron chi connectivity index (χ4n) is 2.12. The number of thioether (sulfide) groups is 1. The monoisotopic (exact) mass is 355 g/mol. The van der Waals surface area contributed by atoms with Crippen molar-refractivity contribution in [3.8, 4) is 11.5 Å². The molecular formula is C15H21N3O5S. The molecule has 0 saturated heterocycles. The van der Waals surface area contributed by atoms with Crippen LogP contribution in [0.4, 0.5) is 0 Å². The van der Waals surface area contributed by atoms with Crippen LogP contribution in [0.3, 0.4) is 0 Å². The van der Waals surface area contributed by atoms with Crippen molar-refractivity contribution in [2.75, 3.05) is 18.3 Å². The van der Waals surface area contributed by atoms with Gasteiger partial charge in [-0.1, -0.05) is 6.92 Å². The van der Waals surface area contributed by atoms with E-state index in [-0.39, 0.29) is 12.4 Å². The van der Waals surface area contributed by atoms with E-state index in [9.17, 15) is 14.7 Å². The van der Waals surface area contributed by atoms with Gasteiger partial charge in [0.15, 0.2) is 11.5 Å². The van der Waals surface area contributed by atoms with Crippen molar-refractivity contribution in [2.24, 2.45) is 11.6 Å². The molecule has 2 rings (SSSR count). The largest absolute Gasteiger partial charge is 0.454 e. The first-order chi connectivity index (χ1) is 11.5. The van der Waals surface area contributed by atoms with Crippen molar-refractivity contribution < 1.29 is 24.2 Å². The molecule has 0 aliphatic carbocycles. The van der Waals surface area contributed by atoms with Crippen LogP contribution in [0.1, 0.15) is 23.7 Å². The molecule has 1 aliphatic rings. The maximum absolute atomic E-state index is 12.3. The molecule has 24 heavy (non-hydrogen) atoms. The van der Waals surface area contributed by atoms with Gasteiger partial charge >= 0.3 is 0 Å². The number of carbonyl (C=O) groups is 2. The molecule has 1 heterocycles. The third-order valence-electron chi connectivity index (χ3n) is 3.53. The standard InChI is InChI=1S/C15H21N3O5S/c1-2-24-6-5-10(16)13(19)15(21)18(17)14(20)9-3-4-11-12(7-9)23-8-22-11/h3-4,7,10,13,19H,2,5-6,8,16-17H2,1H3/t10-,13?/m1/s1. The molecule has 1 unspecified atom stereocenters. The Morgan fingerprint density at radius 3 is 2.79 bits per heavy atom. The molecule has 0 bridgehead atoms. The smallest absolute Gasteiger partial charge is 0.275 e. The second-order valence-corrected chi connectivity index (χ2v) is 6.57. The first kappa shape index (κ1) is 18.5. The van der Waals surface area contributed by atoms with Crippen molar-refractivity contribution >= 4 is 23.6 Å². The first-order valence-corrected chi connectivity index (χ1v) is 8.65. The molecule has 1 aromatic rings. The average molecular weight is 355 g/mol. The topological polar surface area (TPSA) is 128 Å². The van der Waals surface area contributed by atoms with Crippen LogP contribution >= 0.6 is 11.8 Å². The summed E-state index contributed by atoms with van der Waals surface area (Å²) >= 11 is 1.65. The minimum Gasteiger partial charge on any atom is -0.454 e. The summed E-state index contributed by atoms with van der Waals surface area (Å²) in [5, 5.41) is 10.4. The number of nitrogens with two attached hydrogens (primary N) is 2. The third-order valence-corrected chi connectivity index (χ3v) is 4.47. The van der Waals surface area contributed by atoms with Crippen molar-refractivity contribution in [3.63, 3.8) is 0 Å². The van der Waals surface area contributed by atoms with Crippen molar-refractivity contribution in [1.29, 1.82) is 0 Å². The predicted molar refractivity (Wildman–Crippen MR) is 89.5 cm³/mol. The lowest BCUT2D eigenvalue weighted by atomic mass is 10.1. The second-order valence-electron chi connectivity index (χ2n) is 5.18. The zero-order valence-electron chi connectivity index (χ0n) is 13.3. The Labute approximate surface area is 144 Å². The van der Waals surface area contributed by atoms with E-state index in [1.54, 1.807) is 17.8 Å². The Morgan fingerprint density at radius 1 is 1.38 bits per heavy atom. The number of rotatable bonds is 7. The number of aliphatic hydroxyl groups excluding tert-OH is 1. The summed E-state index contributed by atoms with van der Waals surface area (Å²) in [7, 11) is 0. The molecule has 0 fully saturated rings. The summed E-state index contributed by atoms with van der Waals surface area (Å²) in [5.41, 5.74) is 5.95. The number of hydrazine groups is 1. The van der Waals surface area contributed by atoms with Gasteiger partial charge in [0.25, 0.3) is 11.8 Å². The van der Waals surface area contributed by atoms with Gasteiger partial charge in [-0.2, -0.15) is 11.8 Å². The van der Waals surface area contributed by atoms with Crippen molar-refractivity contribution in [1.82, 2.24) is 5.01 Å². The number of nitrogens with zero attached hydrogens (tertiary/aromatic N) is 1. The fraction of sp³-hybridized carbons (Fsp3) is 0.467. The average Bonchev–Trinajstić information content (AvgIpc) is 3.06. The summed E-state index contributed by atoms with van der Waals surface area (Å²) in [6.45, 7) is 2.07. The van der Waals surface area contributed by atoms with Gasteiger partial charge in [0.1, 0.15) is 6.10 Å². The van der Waals surface area contributed by atoms with Crippen LogP contribution in [0.2, 0.25) is 0 Å². The zero-order valence-corrected chi connectivity index (χ0v) is 14.1. The van der Waals surface area contributed by atoms with E-state index >= 15 is 0 Å². The molecule has 0 radical (unpaired) electrons. The number of carbonyl (C=O) groups excluding carboxylic acids is 2. The Kier molecular flexibility index (Phi) is 6.44. The quantitative estimate of drug-likeness (QED) is 0.272. The van der Waals surface area contributed by atoms with E-state index in [2.05, 4.69) is 0 Å². The van der Waals surface area contributed by atoms with Gasteiger partial charge in [-0.05, 0) is 36.1 Å². The summed E-state index contributed by atoms with van der Waals surface area (Å²) in [5.74, 6) is 6.42. The maximum Gasteiger partial charge on any atom is 0.275 e. The van der Waals surface area contributed by atoms with Gasteiger partial charge in [-0.15, -0.1) is 0 Å². The number of hydrogen-bond acceptors (Lipinski definition) is 8. The molecular weight excluding hydrogens is 334 g/mol. The molecule has 1 aromatic carbocycles. The maximum atomic E-state index is 12.3. The lowest BCUT2D eigenvalue weighted by Crippen LogP contribution is -2.53. The fourth-order valence-corrected chi connectivity index (χ4v) is 2.84. The Balaban J connectivity index is 2.00. The molecule has 9 heteroatoms. The van der Waals surface area contributed by atoms with Gasteiger partial charge in [-0.25, -0.2) is 10.9 Å². The minimum atomic E-state index is -1.54. The molecule has 0 aromatic heterocycles. The highest BCUT2D eigenvalue weighted by Gasteiger charge is 2.30. The minimum absolute atomic E-state index is 0.0710. The molecule has 5 N–H and O–H groups in total. The van der Waals surface area contributed by atoms with E-state index in [0.29, 0.717) is 28.7 Å². The van der Waals surface area contributed by atoms with Gasteiger partial charge in [0.2, 0.25) is 6.79 Å². The van der Waals surface area contributed by atoms with Gasteiger partial charge in [0.05, 0.1) is 0 Å². The van der Waals surface area contributed by atoms with Crippen molar-refractivity contribution in [3.05, 3.63) is 23.8 Å². The summed E-state index contributed by atoms with van der Waals surface area (Å²) in [6.07, 6.45) is -1.09. The zero-order chi connectivity index (χ0) is 17.7. The van der Waals surface area contributed by atoms with Crippen molar-refractivity contribution in [2.45, 2.75) is 25.5 Å². The van der Waals surface area contributed by atoms with Gasteiger partial charge in [-0.3, -0.25) is 9.59 Å². The summed E-state index contributed by atoms with van der Waals surface area (Å²) in [6, 6.07) is 3.67. The van der Waals surface area contributed by atoms with Crippen LogP contribution in [0.25, 0.3) is 0 Å². The van der Waals surface area contributed by atoms with E-state index in [1.165, 1.54) is 12.1 Å². The van der Waals surface area contributed by atoms with Crippen LogP contribution in [0.15, 0.2) is 18.2 Å². The number of hydrogen-bond donors (Lipinski definition) is 3. The third kappa shape index (κ3) is 4.18. The number of benzene rings is 1. The summed E-state index contributed by atoms with van der Waals surface area (Å²) < 4.78 is 10.3. The van der Waals surface area contributed by atoms with E-state index < -0.39 is 24.0 Å². The number of imide groups is 1. The van der Waals surface area contributed by atoms with Crippen LogP contribution in [-0.2, 0) is 4.79 Å². The normalized spacial score (nSPS) is 15.0. The summed E-state index contributed by atoms with van der Waals surface area (Å²) in [4.78, 5) is 24.5. The van der Waals surface area contributed by atoms with Crippen LogP contribution < -0.4 is 21.1 Å². The lowest BCUT2D eigenvalue weighted by molar-refractivity contribution is -0.138. The van der Waals surface area contributed by atoms with Crippen LogP contribution in [-0.4, -0.2) is 52.4 Å². The first-order valence-electron chi connectivity index (χ1n) is 7.49. The highest BCUT2D eigenvalue weighted by molar-refractivity contribution is 7.99. The Morgan fingerprint density at radius 2 is 2.08 bits per heavy atom. The Hall–Kier alpha value is -1.81. The second kappa shape index (κ2) is 8.34. The molecule has 2 atom stereocenters. The van der Waals surface area contributed by atoms with E-state index in [4.69, 9.17) is 21.1 Å². The molecule has 0 saturated carbocycles. The number of ether oxygens (including phenoxy) is 2. The SMILES string of the molecule is CCSCC[C@@H](N)C(O)C(=O)N(N)C(=O)c1ccc2c(c1)OCO2. The van der Waals surface area contributed by atoms with E-state index in [0.717, 1.165) is 5.75 Å². The highest BCUT2D eigenvalue weighted by Crippen LogP contribution is 2.32. The number of aliphatic hydroxyl groups is 1. The molecule has 132 valence electrons. The number of fused-ring (bicyclic) bond motifs is 1. The van der Waals surface area contributed by atoms with Gasteiger partial charge < -0.3 is 20.3 Å². The van der Waals surface area contributed by atoms with Crippen LogP contribution in [0.5, 0.6) is 11.5 Å². The highest BCUT2D eigenvalue weighted by atomic mass is 32.2. The van der Waals surface area contributed by atoms with Gasteiger partial charge in [0, 0.05) is 11.6 Å². The predicted octanol–water partition coefficient (Wildman–Crippen LogP) is 0.0892. The molecule has 2 amide bonds. The number of amides is 2. The molecule has 8 nitrogen and oxygen atoms in total. The van der Waals surface area contributed by atoms with E-state index in [1.807, 2.05) is 6.92 Å². The van der Waals surface area contributed by atoms with Crippen LogP contribution in [0, 0.1) is 0 Å². The molecule has 1 aliphatic heterocycles.